The second-order valence-corrected chi connectivity index (χ2v) is 10.1. The molecule has 170 valence electrons. The summed E-state index contributed by atoms with van der Waals surface area (Å²) < 4.78 is 66.1. The summed E-state index contributed by atoms with van der Waals surface area (Å²) in [4.78, 5) is 24.8. The number of hydrogen-bond acceptors (Lipinski definition) is 4. The summed E-state index contributed by atoms with van der Waals surface area (Å²) in [5.41, 5.74) is 0.575. The molecule has 1 aliphatic heterocycles. The molecule has 2 aromatic carbocycles. The smallest absolute Gasteiger partial charge is 0.330 e. The van der Waals surface area contributed by atoms with Crippen LogP contribution in [0.1, 0.15) is 29.5 Å². The van der Waals surface area contributed by atoms with Crippen molar-refractivity contribution in [2.45, 2.75) is 42.3 Å². The van der Waals surface area contributed by atoms with Crippen LogP contribution in [0.3, 0.4) is 0 Å². The van der Waals surface area contributed by atoms with Gasteiger partial charge in [-0.3, -0.25) is 9.59 Å². The van der Waals surface area contributed by atoms with Crippen LogP contribution in [0.5, 0.6) is 0 Å². The van der Waals surface area contributed by atoms with E-state index >= 15 is 0 Å². The molecule has 1 N–H and O–H groups in total. The largest absolute Gasteiger partial charge is 0.471 e. The lowest BCUT2D eigenvalue weighted by molar-refractivity contribution is -0.186. The normalized spacial score (nSPS) is 17.4. The number of carbonyl (C=O) groups excluding carboxylic acids is 2. The zero-order valence-electron chi connectivity index (χ0n) is 16.6. The zero-order chi connectivity index (χ0) is 23.3. The topological polar surface area (TPSA) is 83.6 Å². The number of benzene rings is 2. The monoisotopic (exact) mass is 486 g/mol. The molecule has 0 radical (unpaired) electrons. The lowest BCUT2D eigenvalue weighted by atomic mass is 9.95. The van der Waals surface area contributed by atoms with Gasteiger partial charge in [-0.15, -0.1) is 0 Å². The first-order valence-electron chi connectivity index (χ1n) is 9.74. The molecule has 0 spiro atoms. The van der Waals surface area contributed by atoms with E-state index in [1.807, 2.05) is 0 Å². The Kier molecular flexibility index (Phi) is 5.49. The summed E-state index contributed by atoms with van der Waals surface area (Å²) in [6.45, 7) is -0.478. The number of rotatable bonds is 4. The van der Waals surface area contributed by atoms with Crippen molar-refractivity contribution in [3.05, 3.63) is 64.2 Å². The Hall–Kier alpha value is -2.59. The number of alkyl halides is 3. The molecule has 6 nitrogen and oxygen atoms in total. The third kappa shape index (κ3) is 4.21. The quantitative estimate of drug-likeness (QED) is 0.718. The average Bonchev–Trinajstić information content (AvgIpc) is 3.53. The highest BCUT2D eigenvalue weighted by atomic mass is 35.5. The van der Waals surface area contributed by atoms with E-state index in [0.717, 1.165) is 0 Å². The summed E-state index contributed by atoms with van der Waals surface area (Å²) in [5, 5.41) is 0.428. The number of halogens is 4. The predicted octanol–water partition coefficient (Wildman–Crippen LogP) is 3.32. The molecule has 0 aromatic heterocycles. The van der Waals surface area contributed by atoms with Crippen LogP contribution in [0.15, 0.2) is 47.4 Å². The molecule has 0 atom stereocenters. The van der Waals surface area contributed by atoms with Gasteiger partial charge in [0.05, 0.1) is 10.3 Å². The Balaban J connectivity index is 1.55. The van der Waals surface area contributed by atoms with E-state index < -0.39 is 33.4 Å². The van der Waals surface area contributed by atoms with E-state index in [1.165, 1.54) is 18.2 Å². The van der Waals surface area contributed by atoms with Gasteiger partial charge in [0.1, 0.15) is 0 Å². The number of hydrogen-bond donors (Lipinski definition) is 1. The van der Waals surface area contributed by atoms with Crippen molar-refractivity contribution in [1.82, 2.24) is 9.62 Å². The maximum atomic E-state index is 12.9. The molecule has 1 aliphatic carbocycles. The number of nitrogens with one attached hydrogen (secondary N) is 1. The highest BCUT2D eigenvalue weighted by molar-refractivity contribution is 7.90. The molecule has 0 unspecified atom stereocenters. The minimum atomic E-state index is -5.01. The van der Waals surface area contributed by atoms with Crippen LogP contribution < -0.4 is 4.72 Å². The van der Waals surface area contributed by atoms with Crippen LogP contribution >= 0.6 is 11.6 Å². The van der Waals surface area contributed by atoms with Gasteiger partial charge in [0, 0.05) is 18.1 Å². The van der Waals surface area contributed by atoms with E-state index in [-0.39, 0.29) is 24.4 Å². The Morgan fingerprint density at radius 3 is 2.41 bits per heavy atom. The summed E-state index contributed by atoms with van der Waals surface area (Å²) in [6.07, 6.45) is -3.91. The minimum absolute atomic E-state index is 0.115. The average molecular weight is 487 g/mol. The van der Waals surface area contributed by atoms with Gasteiger partial charge in [0.2, 0.25) is 5.91 Å². The third-order valence-corrected chi connectivity index (χ3v) is 7.38. The highest BCUT2D eigenvalue weighted by Crippen LogP contribution is 2.49. The molecule has 0 bridgehead atoms. The van der Waals surface area contributed by atoms with Gasteiger partial charge in [-0.25, -0.2) is 13.1 Å². The second-order valence-electron chi connectivity index (χ2n) is 7.93. The predicted molar refractivity (Wildman–Crippen MR) is 109 cm³/mol. The van der Waals surface area contributed by atoms with Crippen molar-refractivity contribution in [2.75, 3.05) is 6.54 Å². The lowest BCUT2D eigenvalue weighted by Crippen LogP contribution is -2.43. The molecular formula is C21H18ClF3N2O4S. The van der Waals surface area contributed by atoms with E-state index in [1.54, 1.807) is 24.3 Å². The van der Waals surface area contributed by atoms with Crippen LogP contribution in [-0.2, 0) is 38.0 Å². The van der Waals surface area contributed by atoms with E-state index in [2.05, 4.69) is 4.72 Å². The standard InChI is InChI=1S/C21H18ClF3N2O4S/c22-16-3-1-2-15(11-16)20(7-8-20)18(28)26-32(30,31)17-5-4-13-6-9-27(12-14(13)10-17)19(29)21(23,24)25/h1-5,10-11H,6-9,12H2,(H,26,28). The van der Waals surface area contributed by atoms with Crippen LogP contribution in [-0.4, -0.2) is 37.9 Å². The fraction of sp³-hybridized carbons (Fsp3) is 0.333. The first-order valence-corrected chi connectivity index (χ1v) is 11.6. The number of sulfonamides is 1. The second kappa shape index (κ2) is 7.77. The Morgan fingerprint density at radius 1 is 1.06 bits per heavy atom. The van der Waals surface area contributed by atoms with Crippen LogP contribution in [0.2, 0.25) is 5.02 Å². The molecule has 2 aromatic rings. The fourth-order valence-corrected chi connectivity index (χ4v) is 5.18. The molecule has 1 fully saturated rings. The zero-order valence-corrected chi connectivity index (χ0v) is 18.1. The van der Waals surface area contributed by atoms with E-state index in [9.17, 15) is 31.2 Å². The number of nitrogens with zero attached hydrogens (tertiary/aromatic N) is 1. The van der Waals surface area contributed by atoms with Gasteiger partial charge in [-0.05, 0) is 60.2 Å². The van der Waals surface area contributed by atoms with Gasteiger partial charge in [-0.1, -0.05) is 29.8 Å². The summed E-state index contributed by atoms with van der Waals surface area (Å²) in [6, 6.07) is 10.6. The van der Waals surface area contributed by atoms with Crippen molar-refractivity contribution in [1.29, 1.82) is 0 Å². The van der Waals surface area contributed by atoms with Crippen molar-refractivity contribution < 1.29 is 31.2 Å². The Morgan fingerprint density at radius 2 is 1.78 bits per heavy atom. The maximum Gasteiger partial charge on any atom is 0.471 e. The van der Waals surface area contributed by atoms with Gasteiger partial charge < -0.3 is 4.90 Å². The number of fused-ring (bicyclic) bond motifs is 1. The minimum Gasteiger partial charge on any atom is -0.330 e. The van der Waals surface area contributed by atoms with Crippen LogP contribution in [0.25, 0.3) is 0 Å². The van der Waals surface area contributed by atoms with Gasteiger partial charge >= 0.3 is 12.1 Å². The van der Waals surface area contributed by atoms with Crippen molar-refractivity contribution >= 4 is 33.4 Å². The first-order chi connectivity index (χ1) is 14.9. The Labute approximate surface area is 187 Å². The molecule has 1 heterocycles. The van der Waals surface area contributed by atoms with Crippen LogP contribution in [0, 0.1) is 0 Å². The van der Waals surface area contributed by atoms with Gasteiger partial charge in [-0.2, -0.15) is 13.2 Å². The first kappa shape index (κ1) is 22.6. The maximum absolute atomic E-state index is 12.9. The lowest BCUT2D eigenvalue weighted by Gasteiger charge is -2.29. The number of amides is 2. The number of carbonyl (C=O) groups is 2. The third-order valence-electron chi connectivity index (χ3n) is 5.82. The summed E-state index contributed by atoms with van der Waals surface area (Å²) >= 11 is 5.99. The van der Waals surface area contributed by atoms with Gasteiger partial charge in [0.25, 0.3) is 10.0 Å². The van der Waals surface area contributed by atoms with Crippen LogP contribution in [0.4, 0.5) is 13.2 Å². The molecular weight excluding hydrogens is 469 g/mol. The van der Waals surface area contributed by atoms with Gasteiger partial charge in [0.15, 0.2) is 0 Å². The van der Waals surface area contributed by atoms with Crippen molar-refractivity contribution in [3.8, 4) is 0 Å². The molecule has 2 aliphatic rings. The van der Waals surface area contributed by atoms with Crippen molar-refractivity contribution in [2.24, 2.45) is 0 Å². The fourth-order valence-electron chi connectivity index (χ4n) is 3.89. The molecule has 1 saturated carbocycles. The SMILES string of the molecule is O=C(N1CCc2ccc(S(=O)(=O)NC(=O)C3(c4cccc(Cl)c4)CC3)cc2C1)C(F)(F)F. The Bertz CT molecular complexity index is 1210. The highest BCUT2D eigenvalue weighted by Gasteiger charge is 2.52. The molecule has 2 amide bonds. The molecule has 0 saturated heterocycles. The van der Waals surface area contributed by atoms with Crippen molar-refractivity contribution in [3.63, 3.8) is 0 Å². The summed E-state index contributed by atoms with van der Waals surface area (Å²) in [5.74, 6) is -2.66. The van der Waals surface area contributed by atoms with E-state index in [4.69, 9.17) is 11.6 Å². The molecule has 32 heavy (non-hydrogen) atoms. The van der Waals surface area contributed by atoms with E-state index in [0.29, 0.717) is 39.5 Å². The summed E-state index contributed by atoms with van der Waals surface area (Å²) in [7, 11) is -4.28. The molecule has 4 rings (SSSR count). The molecule has 11 heteroatoms.